The monoisotopic (exact) mass is 174 g/mol. The second-order valence-corrected chi connectivity index (χ2v) is 3.36. The van der Waals surface area contributed by atoms with Gasteiger partial charge in [0.05, 0.1) is 6.61 Å². The van der Waals surface area contributed by atoms with Crippen LogP contribution in [-0.2, 0) is 0 Å². The van der Waals surface area contributed by atoms with Gasteiger partial charge in [0.1, 0.15) is 5.75 Å². The first kappa shape index (κ1) is 8.36. The highest BCUT2D eigenvalue weighted by atomic mass is 16.5. The van der Waals surface area contributed by atoms with E-state index < -0.39 is 0 Å². The summed E-state index contributed by atoms with van der Waals surface area (Å²) in [5.74, 6) is 1.04. The molecule has 0 saturated carbocycles. The largest absolute Gasteiger partial charge is 0.493 e. The van der Waals surface area contributed by atoms with Crippen molar-refractivity contribution in [3.05, 3.63) is 35.4 Å². The minimum Gasteiger partial charge on any atom is -0.493 e. The highest BCUT2D eigenvalue weighted by Crippen LogP contribution is 2.34. The molecule has 0 atom stereocenters. The Morgan fingerprint density at radius 2 is 2.23 bits per heavy atom. The molecule has 1 aromatic rings. The van der Waals surface area contributed by atoms with Crippen LogP contribution in [0.3, 0.4) is 0 Å². The second kappa shape index (κ2) is 3.25. The van der Waals surface area contributed by atoms with E-state index in [1.165, 1.54) is 16.7 Å². The van der Waals surface area contributed by atoms with Gasteiger partial charge in [0.2, 0.25) is 0 Å². The van der Waals surface area contributed by atoms with Gasteiger partial charge in [-0.05, 0) is 31.1 Å². The van der Waals surface area contributed by atoms with Gasteiger partial charge < -0.3 is 4.74 Å². The Bertz CT molecular complexity index is 350. The lowest BCUT2D eigenvalue weighted by atomic mass is 9.95. The van der Waals surface area contributed by atoms with Gasteiger partial charge in [0.25, 0.3) is 0 Å². The average Bonchev–Trinajstić information content (AvgIpc) is 2.17. The molecule has 0 amide bonds. The number of benzene rings is 1. The van der Waals surface area contributed by atoms with Crippen molar-refractivity contribution in [3.63, 3.8) is 0 Å². The van der Waals surface area contributed by atoms with Gasteiger partial charge in [-0.15, -0.1) is 0 Å². The third-order valence-electron chi connectivity index (χ3n) is 2.53. The van der Waals surface area contributed by atoms with Crippen molar-refractivity contribution in [2.45, 2.75) is 20.3 Å². The Morgan fingerprint density at radius 1 is 1.38 bits per heavy atom. The van der Waals surface area contributed by atoms with E-state index in [9.17, 15) is 0 Å². The van der Waals surface area contributed by atoms with Gasteiger partial charge in [-0.1, -0.05) is 18.2 Å². The third kappa shape index (κ3) is 1.35. The summed E-state index contributed by atoms with van der Waals surface area (Å²) in [6, 6.07) is 6.23. The zero-order valence-corrected chi connectivity index (χ0v) is 8.13. The normalized spacial score (nSPS) is 18.2. The van der Waals surface area contributed by atoms with Gasteiger partial charge in [-0.25, -0.2) is 0 Å². The highest BCUT2D eigenvalue weighted by molar-refractivity contribution is 5.74. The smallest absolute Gasteiger partial charge is 0.127 e. The first-order valence-corrected chi connectivity index (χ1v) is 4.71. The molecule has 1 aliphatic heterocycles. The van der Waals surface area contributed by atoms with Crippen molar-refractivity contribution in [3.8, 4) is 5.75 Å². The van der Waals surface area contributed by atoms with E-state index in [0.29, 0.717) is 0 Å². The van der Waals surface area contributed by atoms with Crippen molar-refractivity contribution in [2.24, 2.45) is 0 Å². The summed E-state index contributed by atoms with van der Waals surface area (Å²) in [5, 5.41) is 0. The van der Waals surface area contributed by atoms with Crippen LogP contribution < -0.4 is 4.74 Å². The fraction of sp³-hybridized carbons (Fsp3) is 0.333. The Hall–Kier alpha value is -1.24. The number of aryl methyl sites for hydroxylation is 1. The summed E-state index contributed by atoms with van der Waals surface area (Å²) >= 11 is 0. The number of fused-ring (bicyclic) bond motifs is 1. The van der Waals surface area contributed by atoms with Crippen molar-refractivity contribution >= 4 is 5.57 Å². The Kier molecular flexibility index (Phi) is 2.09. The van der Waals surface area contributed by atoms with Crippen molar-refractivity contribution in [1.29, 1.82) is 0 Å². The fourth-order valence-corrected chi connectivity index (χ4v) is 1.86. The van der Waals surface area contributed by atoms with E-state index in [-0.39, 0.29) is 0 Å². The van der Waals surface area contributed by atoms with Gasteiger partial charge in [0, 0.05) is 12.0 Å². The van der Waals surface area contributed by atoms with Crippen LogP contribution in [0.2, 0.25) is 0 Å². The zero-order valence-electron chi connectivity index (χ0n) is 8.13. The molecule has 0 aromatic heterocycles. The summed E-state index contributed by atoms with van der Waals surface area (Å²) in [7, 11) is 0. The molecule has 1 heteroatoms. The number of rotatable bonds is 0. The van der Waals surface area contributed by atoms with E-state index in [4.69, 9.17) is 4.74 Å². The standard InChI is InChI=1S/C12H14O/c1-3-10-7-8-13-11-6-4-5-9(2)12(10)11/h3-6H,7-8H2,1-2H3/b10-3-. The molecule has 0 unspecified atom stereocenters. The minimum atomic E-state index is 0.816. The van der Waals surface area contributed by atoms with Crippen molar-refractivity contribution in [1.82, 2.24) is 0 Å². The van der Waals surface area contributed by atoms with Gasteiger partial charge in [0.15, 0.2) is 0 Å². The summed E-state index contributed by atoms with van der Waals surface area (Å²) in [6.45, 7) is 5.05. The maximum absolute atomic E-state index is 5.60. The fourth-order valence-electron chi connectivity index (χ4n) is 1.86. The number of ether oxygens (including phenoxy) is 1. The van der Waals surface area contributed by atoms with Crippen LogP contribution in [0.1, 0.15) is 24.5 Å². The zero-order chi connectivity index (χ0) is 9.26. The number of allylic oxidation sites excluding steroid dienone is 1. The molecule has 0 fully saturated rings. The predicted octanol–water partition coefficient (Wildman–Crippen LogP) is 3.18. The van der Waals surface area contributed by atoms with Gasteiger partial charge in [-0.2, -0.15) is 0 Å². The first-order chi connectivity index (χ1) is 6.33. The van der Waals surface area contributed by atoms with E-state index in [2.05, 4.69) is 26.0 Å². The minimum absolute atomic E-state index is 0.816. The molecule has 0 spiro atoms. The van der Waals surface area contributed by atoms with Crippen LogP contribution in [-0.4, -0.2) is 6.61 Å². The second-order valence-electron chi connectivity index (χ2n) is 3.36. The maximum atomic E-state index is 5.60. The lowest BCUT2D eigenvalue weighted by Gasteiger charge is -2.21. The summed E-state index contributed by atoms with van der Waals surface area (Å²) in [5.41, 5.74) is 4.03. The number of hydrogen-bond donors (Lipinski definition) is 0. The molecule has 0 radical (unpaired) electrons. The van der Waals surface area contributed by atoms with E-state index >= 15 is 0 Å². The van der Waals surface area contributed by atoms with Crippen LogP contribution in [0.4, 0.5) is 0 Å². The predicted molar refractivity (Wildman–Crippen MR) is 54.9 cm³/mol. The quantitative estimate of drug-likeness (QED) is 0.587. The summed E-state index contributed by atoms with van der Waals surface area (Å²) in [6.07, 6.45) is 3.22. The molecule has 0 saturated heterocycles. The van der Waals surface area contributed by atoms with E-state index in [0.717, 1.165) is 18.8 Å². The molecule has 0 aliphatic carbocycles. The molecular formula is C12H14O. The lowest BCUT2D eigenvalue weighted by molar-refractivity contribution is 0.316. The molecule has 1 aliphatic rings. The molecule has 68 valence electrons. The first-order valence-electron chi connectivity index (χ1n) is 4.71. The van der Waals surface area contributed by atoms with Gasteiger partial charge in [-0.3, -0.25) is 0 Å². The summed E-state index contributed by atoms with van der Waals surface area (Å²) in [4.78, 5) is 0. The molecule has 1 heterocycles. The summed E-state index contributed by atoms with van der Waals surface area (Å²) < 4.78 is 5.60. The van der Waals surface area contributed by atoms with Crippen molar-refractivity contribution in [2.75, 3.05) is 6.61 Å². The SMILES string of the molecule is C/C=C1/CCOc2cccc(C)c21. The van der Waals surface area contributed by atoms with Crippen molar-refractivity contribution < 1.29 is 4.74 Å². The Morgan fingerprint density at radius 3 is 3.00 bits per heavy atom. The van der Waals surface area contributed by atoms with Crippen LogP contribution in [0.15, 0.2) is 24.3 Å². The molecule has 0 N–H and O–H groups in total. The van der Waals surface area contributed by atoms with Crippen LogP contribution >= 0.6 is 0 Å². The van der Waals surface area contributed by atoms with E-state index in [1.54, 1.807) is 0 Å². The maximum Gasteiger partial charge on any atom is 0.127 e. The number of hydrogen-bond acceptors (Lipinski definition) is 1. The third-order valence-corrected chi connectivity index (χ3v) is 2.53. The van der Waals surface area contributed by atoms with Crippen LogP contribution in [0.25, 0.3) is 5.57 Å². The van der Waals surface area contributed by atoms with Crippen LogP contribution in [0, 0.1) is 6.92 Å². The van der Waals surface area contributed by atoms with Gasteiger partial charge >= 0.3 is 0 Å². The molecule has 0 bridgehead atoms. The molecule has 13 heavy (non-hydrogen) atoms. The topological polar surface area (TPSA) is 9.23 Å². The highest BCUT2D eigenvalue weighted by Gasteiger charge is 2.15. The Balaban J connectivity index is 2.60. The Labute approximate surface area is 79.0 Å². The van der Waals surface area contributed by atoms with Crippen LogP contribution in [0.5, 0.6) is 5.75 Å². The lowest BCUT2D eigenvalue weighted by Crippen LogP contribution is -2.08. The average molecular weight is 174 g/mol. The molecular weight excluding hydrogens is 160 g/mol. The molecule has 2 rings (SSSR count). The molecule has 1 aromatic carbocycles. The molecule has 1 nitrogen and oxygen atoms in total. The van der Waals surface area contributed by atoms with E-state index in [1.807, 2.05) is 12.1 Å².